The van der Waals surface area contributed by atoms with Crippen molar-refractivity contribution in [2.24, 2.45) is 5.10 Å². The minimum absolute atomic E-state index is 0.215. The Morgan fingerprint density at radius 1 is 1.04 bits per heavy atom. The second-order valence-electron chi connectivity index (χ2n) is 5.90. The number of nitrogens with one attached hydrogen (secondary N) is 2. The number of benzene rings is 2. The van der Waals surface area contributed by atoms with Gasteiger partial charge in [-0.3, -0.25) is 9.78 Å². The summed E-state index contributed by atoms with van der Waals surface area (Å²) in [6, 6.07) is 21.4. The molecule has 2 aromatic carbocycles. The molecule has 5 heteroatoms. The van der Waals surface area contributed by atoms with E-state index < -0.39 is 0 Å². The van der Waals surface area contributed by atoms with Crippen molar-refractivity contribution in [2.75, 3.05) is 5.43 Å². The maximum atomic E-state index is 11.6. The molecule has 1 aromatic heterocycles. The first-order chi connectivity index (χ1) is 12.6. The summed E-state index contributed by atoms with van der Waals surface area (Å²) < 4.78 is 0. The molecular formula is C21H20N4O. The zero-order chi connectivity index (χ0) is 18.4. The molecule has 0 radical (unpaired) electrons. The quantitative estimate of drug-likeness (QED) is 0.543. The number of hydrogen-bond donors (Lipinski definition) is 2. The van der Waals surface area contributed by atoms with Crippen molar-refractivity contribution in [1.29, 1.82) is 0 Å². The Bertz CT molecular complexity index is 989. The van der Waals surface area contributed by atoms with Crippen molar-refractivity contribution < 1.29 is 0 Å². The summed E-state index contributed by atoms with van der Waals surface area (Å²) in [4.78, 5) is 18.5. The highest BCUT2D eigenvalue weighted by Gasteiger charge is 2.04. The first-order valence-corrected chi connectivity index (χ1v) is 8.32. The maximum absolute atomic E-state index is 11.6. The number of allylic oxidation sites excluding steroid dienone is 2. The van der Waals surface area contributed by atoms with Crippen LogP contribution < -0.4 is 11.0 Å². The van der Waals surface area contributed by atoms with Gasteiger partial charge in [-0.25, -0.2) is 10.4 Å². The Morgan fingerprint density at radius 3 is 2.27 bits per heavy atom. The smallest absolute Gasteiger partial charge is 0.252 e. The van der Waals surface area contributed by atoms with Crippen molar-refractivity contribution in [2.45, 2.75) is 13.8 Å². The fourth-order valence-electron chi connectivity index (χ4n) is 2.52. The highest BCUT2D eigenvalue weighted by molar-refractivity contribution is 6.12. The van der Waals surface area contributed by atoms with E-state index in [4.69, 9.17) is 0 Å². The van der Waals surface area contributed by atoms with Crippen LogP contribution in [0, 0.1) is 6.92 Å². The average molecular weight is 344 g/mol. The van der Waals surface area contributed by atoms with Crippen LogP contribution in [-0.2, 0) is 0 Å². The molecule has 0 saturated carbocycles. The summed E-state index contributed by atoms with van der Waals surface area (Å²) in [5.74, 6) is 0.314. The number of anilines is 1. The second-order valence-corrected chi connectivity index (χ2v) is 5.90. The van der Waals surface area contributed by atoms with Crippen LogP contribution in [0.1, 0.15) is 23.7 Å². The molecular weight excluding hydrogens is 324 g/mol. The Morgan fingerprint density at radius 2 is 1.65 bits per heavy atom. The molecule has 5 nitrogen and oxygen atoms in total. The van der Waals surface area contributed by atoms with Crippen molar-refractivity contribution in [1.82, 2.24) is 9.97 Å². The van der Waals surface area contributed by atoms with Gasteiger partial charge in [-0.15, -0.1) is 0 Å². The van der Waals surface area contributed by atoms with Crippen molar-refractivity contribution in [3.8, 4) is 0 Å². The summed E-state index contributed by atoms with van der Waals surface area (Å²) in [6.45, 7) is 3.81. The van der Waals surface area contributed by atoms with Gasteiger partial charge in [0.15, 0.2) is 0 Å². The zero-order valence-electron chi connectivity index (χ0n) is 14.7. The lowest BCUT2D eigenvalue weighted by molar-refractivity contribution is 1.04. The Kier molecular flexibility index (Phi) is 5.39. The number of aromatic nitrogens is 2. The van der Waals surface area contributed by atoms with Crippen LogP contribution in [0.4, 0.5) is 5.95 Å². The molecule has 0 aliphatic rings. The Labute approximate surface area is 152 Å². The van der Waals surface area contributed by atoms with Gasteiger partial charge in [0.2, 0.25) is 5.95 Å². The van der Waals surface area contributed by atoms with E-state index in [1.165, 1.54) is 6.07 Å². The van der Waals surface area contributed by atoms with Crippen LogP contribution in [0.3, 0.4) is 0 Å². The van der Waals surface area contributed by atoms with Crippen molar-refractivity contribution in [3.05, 3.63) is 100.0 Å². The van der Waals surface area contributed by atoms with E-state index in [-0.39, 0.29) is 5.56 Å². The summed E-state index contributed by atoms with van der Waals surface area (Å²) in [5.41, 5.74) is 7.19. The third-order valence-electron chi connectivity index (χ3n) is 3.80. The van der Waals surface area contributed by atoms with E-state index in [1.54, 1.807) is 6.92 Å². The number of hydrogen-bond acceptors (Lipinski definition) is 4. The van der Waals surface area contributed by atoms with E-state index in [1.807, 2.05) is 61.5 Å². The van der Waals surface area contributed by atoms with E-state index >= 15 is 0 Å². The van der Waals surface area contributed by atoms with Gasteiger partial charge in [-0.2, -0.15) is 5.10 Å². The SMILES string of the molecule is C/C(=C\C(=N\Nc1nc(C)cc(=O)[nH]1)c1ccccc1)c1ccccc1. The highest BCUT2D eigenvalue weighted by atomic mass is 16.1. The molecule has 0 spiro atoms. The lowest BCUT2D eigenvalue weighted by Gasteiger charge is -2.07. The van der Waals surface area contributed by atoms with Gasteiger partial charge in [-0.05, 0) is 31.1 Å². The predicted octanol–water partition coefficient (Wildman–Crippen LogP) is 4.00. The maximum Gasteiger partial charge on any atom is 0.252 e. The summed E-state index contributed by atoms with van der Waals surface area (Å²) in [6.07, 6.45) is 2.01. The van der Waals surface area contributed by atoms with Gasteiger partial charge >= 0.3 is 0 Å². The third-order valence-corrected chi connectivity index (χ3v) is 3.80. The molecule has 0 saturated heterocycles. The van der Waals surface area contributed by atoms with Crippen LogP contribution >= 0.6 is 0 Å². The summed E-state index contributed by atoms with van der Waals surface area (Å²) >= 11 is 0. The predicted molar refractivity (Wildman–Crippen MR) is 106 cm³/mol. The molecule has 3 rings (SSSR count). The molecule has 0 fully saturated rings. The van der Waals surface area contributed by atoms with E-state index in [0.29, 0.717) is 11.6 Å². The minimum atomic E-state index is -0.215. The van der Waals surface area contributed by atoms with Gasteiger partial charge in [0.05, 0.1) is 5.71 Å². The topological polar surface area (TPSA) is 70.1 Å². The van der Waals surface area contributed by atoms with Crippen LogP contribution in [0.15, 0.2) is 82.7 Å². The van der Waals surface area contributed by atoms with Gasteiger partial charge < -0.3 is 0 Å². The molecule has 1 heterocycles. The average Bonchev–Trinajstić information content (AvgIpc) is 2.65. The highest BCUT2D eigenvalue weighted by Crippen LogP contribution is 2.15. The second kappa shape index (κ2) is 8.07. The molecule has 26 heavy (non-hydrogen) atoms. The molecule has 3 aromatic rings. The molecule has 130 valence electrons. The molecule has 0 bridgehead atoms. The van der Waals surface area contributed by atoms with Crippen LogP contribution in [0.25, 0.3) is 5.57 Å². The summed E-state index contributed by atoms with van der Waals surface area (Å²) in [7, 11) is 0. The van der Waals surface area contributed by atoms with Gasteiger partial charge in [0, 0.05) is 17.3 Å². The Balaban J connectivity index is 1.97. The number of nitrogens with zero attached hydrogens (tertiary/aromatic N) is 2. The van der Waals surface area contributed by atoms with Crippen LogP contribution in [-0.4, -0.2) is 15.7 Å². The number of rotatable bonds is 5. The van der Waals surface area contributed by atoms with E-state index in [2.05, 4.69) is 32.6 Å². The van der Waals surface area contributed by atoms with Gasteiger partial charge in [-0.1, -0.05) is 60.7 Å². The molecule has 0 aliphatic carbocycles. The standard InChI is InChI=1S/C21H20N4O/c1-15(17-9-5-3-6-10-17)13-19(18-11-7-4-8-12-18)24-25-21-22-16(2)14-20(26)23-21/h3-14H,1-2H3,(H2,22,23,25,26)/b15-13+,24-19-. The lowest BCUT2D eigenvalue weighted by atomic mass is 10.0. The number of aromatic amines is 1. The number of hydrazone groups is 1. The van der Waals surface area contributed by atoms with E-state index in [9.17, 15) is 4.79 Å². The van der Waals surface area contributed by atoms with Gasteiger partial charge in [0.25, 0.3) is 5.56 Å². The minimum Gasteiger partial charge on any atom is -0.291 e. The van der Waals surface area contributed by atoms with Crippen molar-refractivity contribution >= 4 is 17.2 Å². The Hall–Kier alpha value is -3.47. The zero-order valence-corrected chi connectivity index (χ0v) is 14.7. The number of aryl methyl sites for hydroxylation is 1. The lowest BCUT2D eigenvalue weighted by Crippen LogP contribution is -2.11. The first kappa shape index (κ1) is 17.4. The monoisotopic (exact) mass is 344 g/mol. The van der Waals surface area contributed by atoms with Crippen LogP contribution in [0.5, 0.6) is 0 Å². The number of H-pyrrole nitrogens is 1. The summed E-state index contributed by atoms with van der Waals surface area (Å²) in [5, 5.41) is 4.47. The normalized spacial score (nSPS) is 12.1. The first-order valence-electron chi connectivity index (χ1n) is 8.32. The largest absolute Gasteiger partial charge is 0.291 e. The fourth-order valence-corrected chi connectivity index (χ4v) is 2.52. The van der Waals surface area contributed by atoms with Gasteiger partial charge in [0.1, 0.15) is 0 Å². The molecule has 0 amide bonds. The molecule has 2 N–H and O–H groups in total. The molecule has 0 atom stereocenters. The third kappa shape index (κ3) is 4.54. The molecule has 0 unspecified atom stereocenters. The van der Waals surface area contributed by atoms with Crippen molar-refractivity contribution in [3.63, 3.8) is 0 Å². The van der Waals surface area contributed by atoms with Crippen LogP contribution in [0.2, 0.25) is 0 Å². The fraction of sp³-hybridized carbons (Fsp3) is 0.0952. The molecule has 0 aliphatic heterocycles. The van der Waals surface area contributed by atoms with E-state index in [0.717, 1.165) is 22.4 Å².